The number of alkyl halides is 1. The third kappa shape index (κ3) is 5.80. The molecule has 0 radical (unpaired) electrons. The van der Waals surface area contributed by atoms with Crippen molar-refractivity contribution in [1.29, 1.82) is 0 Å². The second-order valence-electron chi connectivity index (χ2n) is 5.02. The van der Waals surface area contributed by atoms with E-state index in [0.29, 0.717) is 5.56 Å². The summed E-state index contributed by atoms with van der Waals surface area (Å²) >= 11 is 0. The van der Waals surface area contributed by atoms with Crippen molar-refractivity contribution in [2.24, 2.45) is 0 Å². The van der Waals surface area contributed by atoms with Crippen molar-refractivity contribution >= 4 is 21.9 Å². The SMILES string of the molecule is CCOC(=O)O[C@H](c1ccc(S(C)(=O)=O)cc1)[C@@H](CF)NC(C)=O. The number of halogens is 1. The van der Waals surface area contributed by atoms with Gasteiger partial charge in [-0.25, -0.2) is 17.6 Å². The van der Waals surface area contributed by atoms with Crippen LogP contribution >= 0.6 is 0 Å². The number of amides is 1. The fourth-order valence-electron chi connectivity index (χ4n) is 2.00. The Balaban J connectivity index is 3.15. The molecule has 134 valence electrons. The van der Waals surface area contributed by atoms with Crippen LogP contribution in [0.4, 0.5) is 9.18 Å². The zero-order valence-corrected chi connectivity index (χ0v) is 14.4. The average Bonchev–Trinajstić information content (AvgIpc) is 2.50. The van der Waals surface area contributed by atoms with Gasteiger partial charge in [0.25, 0.3) is 0 Å². The van der Waals surface area contributed by atoms with Gasteiger partial charge in [0, 0.05) is 13.2 Å². The van der Waals surface area contributed by atoms with Crippen LogP contribution in [0.15, 0.2) is 29.2 Å². The molecule has 0 saturated heterocycles. The lowest BCUT2D eigenvalue weighted by Gasteiger charge is -2.25. The van der Waals surface area contributed by atoms with Crippen molar-refractivity contribution in [2.45, 2.75) is 30.9 Å². The quantitative estimate of drug-likeness (QED) is 0.743. The van der Waals surface area contributed by atoms with Gasteiger partial charge in [0.15, 0.2) is 15.9 Å². The predicted octanol–water partition coefficient (Wildman–Crippen LogP) is 1.78. The molecule has 0 bridgehead atoms. The lowest BCUT2D eigenvalue weighted by atomic mass is 10.0. The first-order chi connectivity index (χ1) is 11.2. The van der Waals surface area contributed by atoms with E-state index in [0.717, 1.165) is 6.26 Å². The van der Waals surface area contributed by atoms with Crippen LogP contribution in [0.2, 0.25) is 0 Å². The molecule has 0 fully saturated rings. The van der Waals surface area contributed by atoms with Crippen LogP contribution in [0.1, 0.15) is 25.5 Å². The highest BCUT2D eigenvalue weighted by molar-refractivity contribution is 7.90. The Labute approximate surface area is 140 Å². The minimum absolute atomic E-state index is 0.0671. The van der Waals surface area contributed by atoms with Gasteiger partial charge in [-0.05, 0) is 24.6 Å². The maximum absolute atomic E-state index is 13.3. The van der Waals surface area contributed by atoms with Gasteiger partial charge in [-0.2, -0.15) is 0 Å². The van der Waals surface area contributed by atoms with E-state index in [1.165, 1.54) is 31.2 Å². The summed E-state index contributed by atoms with van der Waals surface area (Å²) < 4.78 is 46.1. The molecule has 2 atom stereocenters. The fourth-order valence-corrected chi connectivity index (χ4v) is 2.63. The number of benzene rings is 1. The highest BCUT2D eigenvalue weighted by Gasteiger charge is 2.29. The molecule has 7 nitrogen and oxygen atoms in total. The summed E-state index contributed by atoms with van der Waals surface area (Å²) in [5.41, 5.74) is 0.326. The Morgan fingerprint density at radius 3 is 2.25 bits per heavy atom. The van der Waals surface area contributed by atoms with E-state index in [4.69, 9.17) is 4.74 Å². The van der Waals surface area contributed by atoms with Gasteiger partial charge in [0.05, 0.1) is 17.5 Å². The van der Waals surface area contributed by atoms with Crippen molar-refractivity contribution < 1.29 is 31.9 Å². The van der Waals surface area contributed by atoms with Crippen LogP contribution < -0.4 is 5.32 Å². The van der Waals surface area contributed by atoms with Crippen molar-refractivity contribution in [1.82, 2.24) is 5.32 Å². The number of hydrogen-bond donors (Lipinski definition) is 1. The number of ether oxygens (including phenoxy) is 2. The summed E-state index contributed by atoms with van der Waals surface area (Å²) in [7, 11) is -3.40. The lowest BCUT2D eigenvalue weighted by molar-refractivity contribution is -0.121. The minimum atomic E-state index is -3.40. The zero-order chi connectivity index (χ0) is 18.3. The normalized spacial score (nSPS) is 13.7. The first kappa shape index (κ1) is 19.9. The third-order valence-electron chi connectivity index (χ3n) is 3.04. The standard InChI is InChI=1S/C15H20FNO6S/c1-4-22-15(19)23-14(13(9-16)17-10(2)18)11-5-7-12(8-6-11)24(3,20)21/h5-8,13-14H,4,9H2,1-3H3,(H,17,18)/t13-,14-/m1/s1. The Hall–Kier alpha value is -2.16. The number of carbonyl (C=O) groups is 2. The fraction of sp³-hybridized carbons (Fsp3) is 0.467. The molecule has 0 spiro atoms. The van der Waals surface area contributed by atoms with E-state index >= 15 is 0 Å². The first-order valence-electron chi connectivity index (χ1n) is 7.15. The first-order valence-corrected chi connectivity index (χ1v) is 9.04. The maximum atomic E-state index is 13.3. The summed E-state index contributed by atoms with van der Waals surface area (Å²) in [4.78, 5) is 22.9. The summed E-state index contributed by atoms with van der Waals surface area (Å²) in [6.45, 7) is 1.87. The van der Waals surface area contributed by atoms with Crippen LogP contribution in [-0.2, 0) is 24.1 Å². The minimum Gasteiger partial charge on any atom is -0.435 e. The second-order valence-corrected chi connectivity index (χ2v) is 7.04. The largest absolute Gasteiger partial charge is 0.508 e. The number of nitrogens with one attached hydrogen (secondary N) is 1. The average molecular weight is 361 g/mol. The second kappa shape index (κ2) is 8.62. The molecule has 0 unspecified atom stereocenters. The van der Waals surface area contributed by atoms with Crippen molar-refractivity contribution in [3.63, 3.8) is 0 Å². The smallest absolute Gasteiger partial charge is 0.435 e. The highest BCUT2D eigenvalue weighted by atomic mass is 32.2. The summed E-state index contributed by atoms with van der Waals surface area (Å²) in [6, 6.07) is 4.29. The predicted molar refractivity (Wildman–Crippen MR) is 84.0 cm³/mol. The Morgan fingerprint density at radius 1 is 1.25 bits per heavy atom. The number of rotatable bonds is 7. The van der Waals surface area contributed by atoms with Gasteiger partial charge < -0.3 is 14.8 Å². The molecule has 1 aromatic rings. The van der Waals surface area contributed by atoms with E-state index in [9.17, 15) is 22.4 Å². The summed E-state index contributed by atoms with van der Waals surface area (Å²) in [5, 5.41) is 2.36. The summed E-state index contributed by atoms with van der Waals surface area (Å²) in [5.74, 6) is -0.497. The number of sulfone groups is 1. The van der Waals surface area contributed by atoms with Crippen LogP contribution in [0.5, 0.6) is 0 Å². The van der Waals surface area contributed by atoms with Crippen LogP contribution in [0.25, 0.3) is 0 Å². The Morgan fingerprint density at radius 2 is 1.83 bits per heavy atom. The van der Waals surface area contributed by atoms with Crippen molar-refractivity contribution in [3.05, 3.63) is 29.8 Å². The number of hydrogen-bond acceptors (Lipinski definition) is 6. The van der Waals surface area contributed by atoms with Crippen LogP contribution in [-0.4, -0.2) is 46.1 Å². The molecule has 9 heteroatoms. The lowest BCUT2D eigenvalue weighted by Crippen LogP contribution is -2.41. The molecule has 1 rings (SSSR count). The van der Waals surface area contributed by atoms with Gasteiger partial charge in [0.1, 0.15) is 6.67 Å². The van der Waals surface area contributed by atoms with E-state index in [1.807, 2.05) is 0 Å². The molecule has 0 heterocycles. The van der Waals surface area contributed by atoms with Gasteiger partial charge in [0.2, 0.25) is 5.91 Å². The molecule has 0 aliphatic rings. The molecule has 0 aliphatic heterocycles. The monoisotopic (exact) mass is 361 g/mol. The molecular formula is C15H20FNO6S. The van der Waals surface area contributed by atoms with Crippen molar-refractivity contribution in [2.75, 3.05) is 19.5 Å². The maximum Gasteiger partial charge on any atom is 0.508 e. The molecule has 0 saturated carbocycles. The van der Waals surface area contributed by atoms with Gasteiger partial charge in [-0.3, -0.25) is 4.79 Å². The Kier molecular flexibility index (Phi) is 7.15. The molecule has 24 heavy (non-hydrogen) atoms. The van der Waals surface area contributed by atoms with Crippen molar-refractivity contribution in [3.8, 4) is 0 Å². The molecule has 1 amide bonds. The molecule has 1 N–H and O–H groups in total. The van der Waals surface area contributed by atoms with Crippen LogP contribution in [0, 0.1) is 0 Å². The van der Waals surface area contributed by atoms with Gasteiger partial charge in [-0.15, -0.1) is 0 Å². The molecule has 1 aromatic carbocycles. The molecule has 0 aliphatic carbocycles. The third-order valence-corrected chi connectivity index (χ3v) is 4.17. The van der Waals surface area contributed by atoms with Gasteiger partial charge >= 0.3 is 6.16 Å². The Bertz CT molecular complexity index is 674. The summed E-state index contributed by atoms with van der Waals surface area (Å²) in [6.07, 6.45) is -1.12. The zero-order valence-electron chi connectivity index (χ0n) is 13.6. The van der Waals surface area contributed by atoms with E-state index in [-0.39, 0.29) is 11.5 Å². The molecule has 0 aromatic heterocycles. The topological polar surface area (TPSA) is 98.8 Å². The molecular weight excluding hydrogens is 341 g/mol. The van der Waals surface area contributed by atoms with E-state index in [2.05, 4.69) is 10.1 Å². The van der Waals surface area contributed by atoms with Crippen LogP contribution in [0.3, 0.4) is 0 Å². The number of carbonyl (C=O) groups excluding carboxylic acids is 2. The van der Waals surface area contributed by atoms with E-state index < -0.39 is 40.7 Å². The highest BCUT2D eigenvalue weighted by Crippen LogP contribution is 2.24. The van der Waals surface area contributed by atoms with Gasteiger partial charge in [-0.1, -0.05) is 12.1 Å². The van der Waals surface area contributed by atoms with E-state index in [1.54, 1.807) is 6.92 Å².